The van der Waals surface area contributed by atoms with E-state index in [2.05, 4.69) is 26.1 Å². The van der Waals surface area contributed by atoms with Gasteiger partial charge in [0, 0.05) is 12.1 Å². The summed E-state index contributed by atoms with van der Waals surface area (Å²) in [5, 5.41) is 12.8. The van der Waals surface area contributed by atoms with Crippen molar-refractivity contribution in [2.75, 3.05) is 0 Å². The second-order valence-corrected chi connectivity index (χ2v) is 7.21. The Kier molecular flexibility index (Phi) is 4.00. The Hall–Kier alpha value is -0.570. The lowest BCUT2D eigenvalue weighted by Crippen LogP contribution is -2.42. The predicted molar refractivity (Wildman–Crippen MR) is 72.5 cm³/mol. The van der Waals surface area contributed by atoms with Crippen molar-refractivity contribution in [3.8, 4) is 0 Å². The maximum absolute atomic E-state index is 10.9. The Morgan fingerprint density at radius 2 is 1.78 bits per heavy atom. The number of carboxylic acids is 1. The quantitative estimate of drug-likeness (QED) is 0.812. The molecule has 3 heteroatoms. The molecule has 0 saturated heterocycles. The van der Waals surface area contributed by atoms with Gasteiger partial charge in [0.25, 0.3) is 0 Å². The number of aliphatic carboxylic acids is 1. The lowest BCUT2D eigenvalue weighted by Gasteiger charge is -2.31. The van der Waals surface area contributed by atoms with Gasteiger partial charge in [-0.25, -0.2) is 0 Å². The van der Waals surface area contributed by atoms with E-state index in [1.807, 2.05) is 0 Å². The van der Waals surface area contributed by atoms with Gasteiger partial charge in [0.1, 0.15) is 0 Å². The summed E-state index contributed by atoms with van der Waals surface area (Å²) in [4.78, 5) is 10.9. The molecule has 2 rings (SSSR count). The molecule has 0 aromatic heterocycles. The molecule has 0 radical (unpaired) electrons. The lowest BCUT2D eigenvalue weighted by atomic mass is 9.85. The molecule has 18 heavy (non-hydrogen) atoms. The van der Waals surface area contributed by atoms with Gasteiger partial charge in [0.05, 0.1) is 5.92 Å². The first-order chi connectivity index (χ1) is 8.37. The second-order valence-electron chi connectivity index (χ2n) is 7.21. The first-order valence-electron chi connectivity index (χ1n) is 7.36. The summed E-state index contributed by atoms with van der Waals surface area (Å²) in [6, 6.07) is 1.17. The molecule has 0 aliphatic heterocycles. The maximum atomic E-state index is 10.9. The second kappa shape index (κ2) is 5.20. The smallest absolute Gasteiger partial charge is 0.306 e. The minimum atomic E-state index is -0.608. The van der Waals surface area contributed by atoms with Crippen LogP contribution in [-0.2, 0) is 4.79 Å². The monoisotopic (exact) mass is 253 g/mol. The number of carbonyl (C=O) groups is 1. The summed E-state index contributed by atoms with van der Waals surface area (Å²) in [5.41, 5.74) is 0.468. The van der Waals surface area contributed by atoms with Crippen molar-refractivity contribution in [2.45, 2.75) is 71.4 Å². The molecule has 2 unspecified atom stereocenters. The standard InChI is InChI=1S/C15H27NO2/c1-10-8-15(2,3)9-13(10)16-12-6-4-11(5-7-12)14(17)18/h10-13,16H,4-9H2,1-3H3,(H,17,18). The fraction of sp³-hybridized carbons (Fsp3) is 0.933. The molecule has 2 saturated carbocycles. The van der Waals surface area contributed by atoms with Gasteiger partial charge in [-0.15, -0.1) is 0 Å². The SMILES string of the molecule is CC1CC(C)(C)CC1NC1CCC(C(=O)O)CC1. The molecule has 2 fully saturated rings. The summed E-state index contributed by atoms with van der Waals surface area (Å²) < 4.78 is 0. The zero-order valence-electron chi connectivity index (χ0n) is 11.9. The number of rotatable bonds is 3. The Labute approximate surface area is 110 Å². The predicted octanol–water partition coefficient (Wildman–Crippen LogP) is 3.04. The van der Waals surface area contributed by atoms with E-state index >= 15 is 0 Å². The van der Waals surface area contributed by atoms with E-state index in [0.717, 1.165) is 31.6 Å². The Morgan fingerprint density at radius 3 is 2.22 bits per heavy atom. The number of hydrogen-bond donors (Lipinski definition) is 2. The van der Waals surface area contributed by atoms with Gasteiger partial charge in [0.2, 0.25) is 0 Å². The van der Waals surface area contributed by atoms with E-state index in [0.29, 0.717) is 17.5 Å². The van der Waals surface area contributed by atoms with Crippen LogP contribution in [0.15, 0.2) is 0 Å². The molecule has 0 aromatic carbocycles. The van der Waals surface area contributed by atoms with E-state index in [4.69, 9.17) is 5.11 Å². The van der Waals surface area contributed by atoms with Crippen molar-refractivity contribution in [1.29, 1.82) is 0 Å². The minimum Gasteiger partial charge on any atom is -0.481 e. The maximum Gasteiger partial charge on any atom is 0.306 e. The van der Waals surface area contributed by atoms with Crippen LogP contribution in [0.3, 0.4) is 0 Å². The Balaban J connectivity index is 1.80. The van der Waals surface area contributed by atoms with Crippen LogP contribution < -0.4 is 5.32 Å². The highest BCUT2D eigenvalue weighted by Gasteiger charge is 2.38. The minimum absolute atomic E-state index is 0.0968. The molecule has 2 aliphatic carbocycles. The topological polar surface area (TPSA) is 49.3 Å². The number of nitrogens with one attached hydrogen (secondary N) is 1. The molecular weight excluding hydrogens is 226 g/mol. The van der Waals surface area contributed by atoms with Crippen molar-refractivity contribution >= 4 is 5.97 Å². The summed E-state index contributed by atoms with van der Waals surface area (Å²) in [5.74, 6) is 0.0431. The average Bonchev–Trinajstić information content (AvgIpc) is 2.52. The van der Waals surface area contributed by atoms with Crippen LogP contribution in [0.2, 0.25) is 0 Å². The van der Waals surface area contributed by atoms with Gasteiger partial charge in [-0.2, -0.15) is 0 Å². The van der Waals surface area contributed by atoms with Crippen LogP contribution in [0.1, 0.15) is 59.3 Å². The first kappa shape index (κ1) is 13.9. The molecular formula is C15H27NO2. The van der Waals surface area contributed by atoms with Crippen molar-refractivity contribution < 1.29 is 9.90 Å². The molecule has 2 aliphatic rings. The average molecular weight is 253 g/mol. The van der Waals surface area contributed by atoms with Crippen LogP contribution in [0.25, 0.3) is 0 Å². The summed E-state index contributed by atoms with van der Waals surface area (Å²) in [6.45, 7) is 7.05. The van der Waals surface area contributed by atoms with Gasteiger partial charge >= 0.3 is 5.97 Å². The van der Waals surface area contributed by atoms with Crippen molar-refractivity contribution in [3.05, 3.63) is 0 Å². The lowest BCUT2D eigenvalue weighted by molar-refractivity contribution is -0.142. The third-order valence-corrected chi connectivity index (χ3v) is 4.86. The highest BCUT2D eigenvalue weighted by Crippen LogP contribution is 2.41. The van der Waals surface area contributed by atoms with Gasteiger partial charge in [-0.3, -0.25) is 4.79 Å². The van der Waals surface area contributed by atoms with Gasteiger partial charge in [0.15, 0.2) is 0 Å². The Morgan fingerprint density at radius 1 is 1.17 bits per heavy atom. The third kappa shape index (κ3) is 3.25. The molecule has 0 aromatic rings. The summed E-state index contributed by atoms with van der Waals surface area (Å²) in [6.07, 6.45) is 6.30. The molecule has 3 nitrogen and oxygen atoms in total. The van der Waals surface area contributed by atoms with Crippen LogP contribution in [0, 0.1) is 17.3 Å². The molecule has 0 heterocycles. The Bertz CT molecular complexity index is 306. The van der Waals surface area contributed by atoms with Crippen LogP contribution in [-0.4, -0.2) is 23.2 Å². The number of hydrogen-bond acceptors (Lipinski definition) is 2. The first-order valence-corrected chi connectivity index (χ1v) is 7.36. The van der Waals surface area contributed by atoms with Gasteiger partial charge < -0.3 is 10.4 Å². The highest BCUT2D eigenvalue weighted by atomic mass is 16.4. The van der Waals surface area contributed by atoms with E-state index in [1.165, 1.54) is 12.8 Å². The summed E-state index contributed by atoms with van der Waals surface area (Å²) >= 11 is 0. The van der Waals surface area contributed by atoms with E-state index in [-0.39, 0.29) is 5.92 Å². The highest BCUT2D eigenvalue weighted by molar-refractivity contribution is 5.70. The zero-order chi connectivity index (χ0) is 13.3. The summed E-state index contributed by atoms with van der Waals surface area (Å²) in [7, 11) is 0. The van der Waals surface area contributed by atoms with Gasteiger partial charge in [-0.1, -0.05) is 20.8 Å². The van der Waals surface area contributed by atoms with Crippen molar-refractivity contribution in [2.24, 2.45) is 17.3 Å². The molecule has 2 N–H and O–H groups in total. The van der Waals surface area contributed by atoms with Crippen molar-refractivity contribution in [1.82, 2.24) is 5.32 Å². The van der Waals surface area contributed by atoms with Crippen LogP contribution in [0.5, 0.6) is 0 Å². The van der Waals surface area contributed by atoms with E-state index < -0.39 is 5.97 Å². The van der Waals surface area contributed by atoms with E-state index in [1.54, 1.807) is 0 Å². The fourth-order valence-corrected chi connectivity index (χ4v) is 3.93. The normalized spacial score (nSPS) is 39.7. The van der Waals surface area contributed by atoms with Gasteiger partial charge in [-0.05, 0) is 49.9 Å². The molecule has 0 bridgehead atoms. The zero-order valence-corrected chi connectivity index (χ0v) is 11.9. The van der Waals surface area contributed by atoms with E-state index in [9.17, 15) is 4.79 Å². The fourth-order valence-electron chi connectivity index (χ4n) is 3.93. The number of carboxylic acid groups (broad SMARTS) is 1. The van der Waals surface area contributed by atoms with Crippen LogP contribution in [0.4, 0.5) is 0 Å². The molecule has 0 spiro atoms. The molecule has 2 atom stereocenters. The van der Waals surface area contributed by atoms with Crippen molar-refractivity contribution in [3.63, 3.8) is 0 Å². The molecule has 0 amide bonds. The van der Waals surface area contributed by atoms with Crippen LogP contribution >= 0.6 is 0 Å². The largest absolute Gasteiger partial charge is 0.481 e. The third-order valence-electron chi connectivity index (χ3n) is 4.86. The molecule has 104 valence electrons.